The van der Waals surface area contributed by atoms with Crippen molar-refractivity contribution in [1.82, 2.24) is 19.5 Å². The molecule has 0 saturated heterocycles. The number of halogens is 1. The maximum Gasteiger partial charge on any atom is 0.316 e. The van der Waals surface area contributed by atoms with Crippen LogP contribution in [0.5, 0.6) is 0 Å². The molecule has 0 fully saturated rings. The molecule has 8 heteroatoms. The van der Waals surface area contributed by atoms with Crippen LogP contribution in [-0.4, -0.2) is 19.5 Å². The first-order chi connectivity index (χ1) is 14.1. The van der Waals surface area contributed by atoms with Gasteiger partial charge in [0.05, 0.1) is 0 Å². The van der Waals surface area contributed by atoms with Crippen molar-refractivity contribution < 1.29 is 4.39 Å². The van der Waals surface area contributed by atoms with E-state index < -0.39 is 0 Å². The highest BCUT2D eigenvalue weighted by Crippen LogP contribution is 2.21. The summed E-state index contributed by atoms with van der Waals surface area (Å²) in [5, 5.41) is 11.7. The molecule has 0 radical (unpaired) electrons. The van der Waals surface area contributed by atoms with Gasteiger partial charge in [0.1, 0.15) is 5.82 Å². The lowest BCUT2D eigenvalue weighted by atomic mass is 10.2. The molecule has 0 unspecified atom stereocenters. The zero-order valence-electron chi connectivity index (χ0n) is 15.6. The number of anilines is 2. The van der Waals surface area contributed by atoms with Gasteiger partial charge in [-0.25, -0.2) is 4.39 Å². The van der Waals surface area contributed by atoms with Crippen molar-refractivity contribution in [1.29, 1.82) is 0 Å². The van der Waals surface area contributed by atoms with Crippen molar-refractivity contribution in [3.8, 4) is 0 Å². The van der Waals surface area contributed by atoms with Gasteiger partial charge in [-0.2, -0.15) is 4.68 Å². The van der Waals surface area contributed by atoms with Gasteiger partial charge in [-0.05, 0) is 48.9 Å². The normalized spacial score (nSPS) is 10.8. The molecule has 0 amide bonds. The molecule has 0 saturated carbocycles. The number of aromatic nitrogens is 4. The lowest BCUT2D eigenvalue weighted by Crippen LogP contribution is -2.30. The summed E-state index contributed by atoms with van der Waals surface area (Å²) in [6.45, 7) is 2.04. The second kappa shape index (κ2) is 8.32. The number of benzene rings is 2. The number of aryl methyl sites for hydroxylation is 1. The Kier molecular flexibility index (Phi) is 5.44. The van der Waals surface area contributed by atoms with Crippen LogP contribution in [0.2, 0.25) is 0 Å². The first-order valence-electron chi connectivity index (χ1n) is 8.94. The minimum absolute atomic E-state index is 0.0604. The number of thioether (sulfide) groups is 1. The molecule has 0 aliphatic rings. The summed E-state index contributed by atoms with van der Waals surface area (Å²) < 4.78 is 16.2. The quantitative estimate of drug-likeness (QED) is 0.485. The zero-order chi connectivity index (χ0) is 20.2. The molecule has 4 rings (SSSR count). The highest BCUT2D eigenvalue weighted by atomic mass is 32.2. The van der Waals surface area contributed by atoms with Crippen LogP contribution in [0.15, 0.2) is 83.0 Å². The van der Waals surface area contributed by atoms with Gasteiger partial charge in [0, 0.05) is 23.8 Å². The standard InChI is InChI=1S/C21H18FN5OS/c1-15-5-4-6-16(13-15)14-29-21-25-24-19(23-18-9-7-17(22)8-10-18)20(28)27(21)26-11-2-3-12-26/h2-13H,14H2,1H3,(H,23,24). The molecule has 2 aromatic heterocycles. The molecule has 146 valence electrons. The molecule has 4 aromatic rings. The molecule has 2 heterocycles. The fourth-order valence-corrected chi connectivity index (χ4v) is 3.69. The third kappa shape index (κ3) is 4.38. The first kappa shape index (κ1) is 18.9. The second-order valence-electron chi connectivity index (χ2n) is 6.42. The number of nitrogens with zero attached hydrogens (tertiary/aromatic N) is 4. The van der Waals surface area contributed by atoms with Crippen molar-refractivity contribution in [2.24, 2.45) is 0 Å². The van der Waals surface area contributed by atoms with Crippen LogP contribution in [0.4, 0.5) is 15.9 Å². The number of nitrogens with one attached hydrogen (secondary N) is 1. The van der Waals surface area contributed by atoms with E-state index in [0.717, 1.165) is 5.56 Å². The van der Waals surface area contributed by atoms with Gasteiger partial charge in [-0.1, -0.05) is 41.6 Å². The van der Waals surface area contributed by atoms with E-state index >= 15 is 0 Å². The number of rotatable bonds is 6. The topological polar surface area (TPSA) is 64.7 Å². The Morgan fingerprint density at radius 3 is 2.52 bits per heavy atom. The van der Waals surface area contributed by atoms with Crippen LogP contribution in [0.25, 0.3) is 0 Å². The van der Waals surface area contributed by atoms with Gasteiger partial charge in [-0.15, -0.1) is 10.2 Å². The van der Waals surface area contributed by atoms with Gasteiger partial charge >= 0.3 is 5.56 Å². The number of hydrogen-bond donors (Lipinski definition) is 1. The molecule has 0 aliphatic carbocycles. The largest absolute Gasteiger partial charge is 0.334 e. The Hall–Kier alpha value is -3.39. The van der Waals surface area contributed by atoms with Crippen LogP contribution < -0.4 is 10.9 Å². The summed E-state index contributed by atoms with van der Waals surface area (Å²) in [5.41, 5.74) is 2.51. The van der Waals surface area contributed by atoms with Crippen molar-refractivity contribution >= 4 is 23.3 Å². The monoisotopic (exact) mass is 407 g/mol. The van der Waals surface area contributed by atoms with Crippen molar-refractivity contribution in [3.63, 3.8) is 0 Å². The van der Waals surface area contributed by atoms with Crippen molar-refractivity contribution in [3.05, 3.63) is 100 Å². The van der Waals surface area contributed by atoms with E-state index in [4.69, 9.17) is 0 Å². The molecule has 0 aliphatic heterocycles. The highest BCUT2D eigenvalue weighted by molar-refractivity contribution is 7.98. The fourth-order valence-electron chi connectivity index (χ4n) is 2.82. The predicted octanol–water partition coefficient (Wildman–Crippen LogP) is 4.23. The van der Waals surface area contributed by atoms with Gasteiger partial charge in [0.25, 0.3) is 0 Å². The molecular weight excluding hydrogens is 389 g/mol. The minimum Gasteiger partial charge on any atom is -0.334 e. The van der Waals surface area contributed by atoms with E-state index in [1.807, 2.05) is 37.3 Å². The van der Waals surface area contributed by atoms with E-state index in [1.165, 1.54) is 46.3 Å². The second-order valence-corrected chi connectivity index (χ2v) is 7.36. The van der Waals surface area contributed by atoms with E-state index in [1.54, 1.807) is 17.1 Å². The van der Waals surface area contributed by atoms with Gasteiger partial charge in [0.15, 0.2) is 0 Å². The Balaban J connectivity index is 1.67. The smallest absolute Gasteiger partial charge is 0.316 e. The maximum absolute atomic E-state index is 13.1. The predicted molar refractivity (Wildman–Crippen MR) is 112 cm³/mol. The van der Waals surface area contributed by atoms with E-state index in [-0.39, 0.29) is 17.2 Å². The average Bonchev–Trinajstić information content (AvgIpc) is 3.24. The summed E-state index contributed by atoms with van der Waals surface area (Å²) in [5.74, 6) is 0.362. The van der Waals surface area contributed by atoms with Crippen LogP contribution in [0.3, 0.4) is 0 Å². The van der Waals surface area contributed by atoms with E-state index in [2.05, 4.69) is 21.6 Å². The van der Waals surface area contributed by atoms with E-state index in [9.17, 15) is 9.18 Å². The highest BCUT2D eigenvalue weighted by Gasteiger charge is 2.14. The summed E-state index contributed by atoms with van der Waals surface area (Å²) in [4.78, 5) is 13.1. The molecule has 0 atom stereocenters. The maximum atomic E-state index is 13.1. The van der Waals surface area contributed by atoms with Crippen LogP contribution in [-0.2, 0) is 5.75 Å². The first-order valence-corrected chi connectivity index (χ1v) is 9.93. The van der Waals surface area contributed by atoms with E-state index in [0.29, 0.717) is 16.6 Å². The molecule has 1 N–H and O–H groups in total. The summed E-state index contributed by atoms with van der Waals surface area (Å²) >= 11 is 1.43. The molecule has 29 heavy (non-hydrogen) atoms. The molecule has 0 bridgehead atoms. The number of hydrogen-bond acceptors (Lipinski definition) is 5. The summed E-state index contributed by atoms with van der Waals surface area (Å²) in [6.07, 6.45) is 3.53. The average molecular weight is 407 g/mol. The molecule has 2 aromatic carbocycles. The summed E-state index contributed by atoms with van der Waals surface area (Å²) in [7, 11) is 0. The minimum atomic E-state index is -0.354. The third-order valence-corrected chi connectivity index (χ3v) is 5.18. The van der Waals surface area contributed by atoms with Crippen LogP contribution >= 0.6 is 11.8 Å². The van der Waals surface area contributed by atoms with Gasteiger partial charge in [0.2, 0.25) is 11.0 Å². The molecular formula is C21H18FN5OS. The zero-order valence-corrected chi connectivity index (χ0v) is 16.4. The fraction of sp³-hybridized carbons (Fsp3) is 0.0952. The van der Waals surface area contributed by atoms with Crippen molar-refractivity contribution in [2.75, 3.05) is 5.32 Å². The molecule has 6 nitrogen and oxygen atoms in total. The lowest BCUT2D eigenvalue weighted by Gasteiger charge is -2.14. The Morgan fingerprint density at radius 1 is 1.03 bits per heavy atom. The van der Waals surface area contributed by atoms with Crippen molar-refractivity contribution in [2.45, 2.75) is 17.8 Å². The Labute approximate surface area is 171 Å². The van der Waals surface area contributed by atoms with Gasteiger partial charge in [-0.3, -0.25) is 9.47 Å². The van der Waals surface area contributed by atoms with Gasteiger partial charge < -0.3 is 5.32 Å². The molecule has 0 spiro atoms. The third-order valence-electron chi connectivity index (χ3n) is 4.19. The SMILES string of the molecule is Cc1cccc(CSc2nnc(Nc3ccc(F)cc3)c(=O)n2-n2cccc2)c1. The van der Waals surface area contributed by atoms with Crippen LogP contribution in [0, 0.1) is 12.7 Å². The Bertz CT molecular complexity index is 1170. The van der Waals surface area contributed by atoms with Crippen LogP contribution in [0.1, 0.15) is 11.1 Å². The lowest BCUT2D eigenvalue weighted by molar-refractivity contribution is 0.533. The summed E-state index contributed by atoms with van der Waals surface area (Å²) in [6, 6.07) is 17.5. The Morgan fingerprint density at radius 2 is 1.79 bits per heavy atom.